The van der Waals surface area contributed by atoms with Crippen LogP contribution in [-0.2, 0) is 0 Å². The number of guanidine groups is 1. The molecule has 0 aromatic carbocycles. The molecule has 1 saturated carbocycles. The van der Waals surface area contributed by atoms with Crippen molar-refractivity contribution in [1.29, 1.82) is 0 Å². The summed E-state index contributed by atoms with van der Waals surface area (Å²) in [5.41, 5.74) is 5.83. The number of aliphatic hydroxyl groups is 1. The van der Waals surface area contributed by atoms with Gasteiger partial charge in [0.1, 0.15) is 0 Å². The number of likely N-dealkylation sites (tertiary alicyclic amines) is 1. The maximum absolute atomic E-state index is 9.17. The third-order valence-corrected chi connectivity index (χ3v) is 3.84. The molecule has 5 nitrogen and oxygen atoms in total. The molecule has 2 aliphatic rings. The van der Waals surface area contributed by atoms with Gasteiger partial charge in [-0.2, -0.15) is 0 Å². The Morgan fingerprint density at radius 1 is 1.53 bits per heavy atom. The molecule has 1 aliphatic heterocycles. The molecular formula is C12H24N4O. The van der Waals surface area contributed by atoms with Crippen LogP contribution in [0.15, 0.2) is 4.99 Å². The number of hydrogen-bond acceptors (Lipinski definition) is 3. The first-order valence-electron chi connectivity index (χ1n) is 6.67. The molecule has 1 aliphatic carbocycles. The fourth-order valence-corrected chi connectivity index (χ4v) is 2.68. The van der Waals surface area contributed by atoms with Gasteiger partial charge in [-0.1, -0.05) is 6.92 Å². The standard InChI is InChI=1S/C12H24N4O/c1-2-16-5-3-4-10(16)8-14-12(13)15-9-6-11(17)7-9/h9-11,17H,2-8H2,1H3,(H3,13,14,15). The van der Waals surface area contributed by atoms with Crippen LogP contribution in [-0.4, -0.2) is 53.8 Å². The van der Waals surface area contributed by atoms with Gasteiger partial charge >= 0.3 is 0 Å². The number of nitrogens with zero attached hydrogens (tertiary/aromatic N) is 2. The van der Waals surface area contributed by atoms with Gasteiger partial charge in [-0.15, -0.1) is 0 Å². The summed E-state index contributed by atoms with van der Waals surface area (Å²) < 4.78 is 0. The van der Waals surface area contributed by atoms with Crippen LogP contribution in [0.4, 0.5) is 0 Å². The number of nitrogens with one attached hydrogen (secondary N) is 1. The molecule has 2 rings (SSSR count). The summed E-state index contributed by atoms with van der Waals surface area (Å²) in [5.74, 6) is 0.532. The monoisotopic (exact) mass is 240 g/mol. The first-order valence-corrected chi connectivity index (χ1v) is 6.67. The van der Waals surface area contributed by atoms with Crippen LogP contribution in [0.2, 0.25) is 0 Å². The lowest BCUT2D eigenvalue weighted by Crippen LogP contribution is -2.49. The van der Waals surface area contributed by atoms with Crippen molar-refractivity contribution in [3.63, 3.8) is 0 Å². The SMILES string of the molecule is CCN1CCCC1CN=C(N)NC1CC(O)C1. The smallest absolute Gasteiger partial charge is 0.188 e. The molecule has 0 bridgehead atoms. The largest absolute Gasteiger partial charge is 0.393 e. The quantitative estimate of drug-likeness (QED) is 0.474. The average molecular weight is 240 g/mol. The van der Waals surface area contributed by atoms with E-state index in [2.05, 4.69) is 22.1 Å². The molecule has 1 unspecified atom stereocenters. The van der Waals surface area contributed by atoms with Crippen LogP contribution in [0.1, 0.15) is 32.6 Å². The molecule has 4 N–H and O–H groups in total. The first-order chi connectivity index (χ1) is 8.19. The van der Waals surface area contributed by atoms with E-state index < -0.39 is 0 Å². The second-order valence-corrected chi connectivity index (χ2v) is 5.12. The molecule has 0 aromatic rings. The molecule has 0 aromatic heterocycles. The fourth-order valence-electron chi connectivity index (χ4n) is 2.68. The van der Waals surface area contributed by atoms with Gasteiger partial charge in [0, 0.05) is 12.1 Å². The van der Waals surface area contributed by atoms with Crippen molar-refractivity contribution in [2.24, 2.45) is 10.7 Å². The van der Waals surface area contributed by atoms with Crippen LogP contribution in [0.5, 0.6) is 0 Å². The zero-order valence-corrected chi connectivity index (χ0v) is 10.6. The van der Waals surface area contributed by atoms with E-state index in [1.54, 1.807) is 0 Å². The summed E-state index contributed by atoms with van der Waals surface area (Å²) in [5, 5.41) is 12.3. The first kappa shape index (κ1) is 12.6. The number of aliphatic hydroxyl groups excluding tert-OH is 1. The van der Waals surface area contributed by atoms with E-state index in [1.165, 1.54) is 19.4 Å². The zero-order chi connectivity index (χ0) is 12.3. The highest BCUT2D eigenvalue weighted by Gasteiger charge is 2.27. The Kier molecular flexibility index (Phi) is 4.23. The molecule has 1 heterocycles. The van der Waals surface area contributed by atoms with Gasteiger partial charge in [-0.25, -0.2) is 0 Å². The normalized spacial score (nSPS) is 34.7. The summed E-state index contributed by atoms with van der Waals surface area (Å²) >= 11 is 0. The Morgan fingerprint density at radius 2 is 2.29 bits per heavy atom. The second-order valence-electron chi connectivity index (χ2n) is 5.12. The van der Waals surface area contributed by atoms with E-state index in [4.69, 9.17) is 5.73 Å². The molecule has 98 valence electrons. The maximum Gasteiger partial charge on any atom is 0.188 e. The molecular weight excluding hydrogens is 216 g/mol. The van der Waals surface area contributed by atoms with Gasteiger partial charge in [-0.3, -0.25) is 9.89 Å². The summed E-state index contributed by atoms with van der Waals surface area (Å²) in [6.07, 6.45) is 3.94. The average Bonchev–Trinajstić information content (AvgIpc) is 2.71. The topological polar surface area (TPSA) is 73.9 Å². The summed E-state index contributed by atoms with van der Waals surface area (Å²) in [4.78, 5) is 6.87. The van der Waals surface area contributed by atoms with Gasteiger partial charge in [0.2, 0.25) is 0 Å². The Bertz CT molecular complexity index is 276. The number of hydrogen-bond donors (Lipinski definition) is 3. The van der Waals surface area contributed by atoms with Crippen LogP contribution < -0.4 is 11.1 Å². The minimum Gasteiger partial charge on any atom is -0.393 e. The van der Waals surface area contributed by atoms with Crippen molar-refractivity contribution in [3.05, 3.63) is 0 Å². The van der Waals surface area contributed by atoms with Crippen LogP contribution >= 0.6 is 0 Å². The number of rotatable bonds is 4. The molecule has 0 spiro atoms. The number of nitrogens with two attached hydrogens (primary N) is 1. The summed E-state index contributed by atoms with van der Waals surface area (Å²) in [6, 6.07) is 0.881. The Morgan fingerprint density at radius 3 is 2.94 bits per heavy atom. The van der Waals surface area contributed by atoms with E-state index in [-0.39, 0.29) is 6.10 Å². The van der Waals surface area contributed by atoms with Gasteiger partial charge in [0.15, 0.2) is 5.96 Å². The van der Waals surface area contributed by atoms with Gasteiger partial charge in [0.05, 0.1) is 12.6 Å². The zero-order valence-electron chi connectivity index (χ0n) is 10.6. The van der Waals surface area contributed by atoms with Crippen LogP contribution in [0.25, 0.3) is 0 Å². The minimum absolute atomic E-state index is 0.147. The van der Waals surface area contributed by atoms with E-state index in [9.17, 15) is 5.11 Å². The maximum atomic E-state index is 9.17. The molecule has 0 radical (unpaired) electrons. The Hall–Kier alpha value is -0.810. The molecule has 1 atom stereocenters. The Balaban J connectivity index is 1.71. The number of aliphatic imine (C=N–C) groups is 1. The van der Waals surface area contributed by atoms with Crippen molar-refractivity contribution in [1.82, 2.24) is 10.2 Å². The van der Waals surface area contributed by atoms with Crippen LogP contribution in [0, 0.1) is 0 Å². The molecule has 1 saturated heterocycles. The molecule has 17 heavy (non-hydrogen) atoms. The lowest BCUT2D eigenvalue weighted by Gasteiger charge is -2.32. The minimum atomic E-state index is -0.147. The highest BCUT2D eigenvalue weighted by Crippen LogP contribution is 2.19. The van der Waals surface area contributed by atoms with E-state index >= 15 is 0 Å². The van der Waals surface area contributed by atoms with E-state index in [1.807, 2.05) is 0 Å². The highest BCUT2D eigenvalue weighted by atomic mass is 16.3. The predicted molar refractivity (Wildman–Crippen MR) is 68.9 cm³/mol. The summed E-state index contributed by atoms with van der Waals surface area (Å²) in [7, 11) is 0. The van der Waals surface area contributed by atoms with Crippen molar-refractivity contribution in [2.45, 2.75) is 50.8 Å². The van der Waals surface area contributed by atoms with Gasteiger partial charge in [0.25, 0.3) is 0 Å². The third-order valence-electron chi connectivity index (χ3n) is 3.84. The lowest BCUT2D eigenvalue weighted by molar-refractivity contribution is 0.0697. The van der Waals surface area contributed by atoms with Gasteiger partial charge in [-0.05, 0) is 38.8 Å². The van der Waals surface area contributed by atoms with Crippen LogP contribution in [0.3, 0.4) is 0 Å². The van der Waals surface area contributed by atoms with Crippen molar-refractivity contribution in [2.75, 3.05) is 19.6 Å². The third kappa shape index (κ3) is 3.33. The molecule has 5 heteroatoms. The van der Waals surface area contributed by atoms with E-state index in [0.29, 0.717) is 18.0 Å². The van der Waals surface area contributed by atoms with Crippen molar-refractivity contribution >= 4 is 5.96 Å². The van der Waals surface area contributed by atoms with Crippen molar-refractivity contribution in [3.8, 4) is 0 Å². The molecule has 0 amide bonds. The second kappa shape index (κ2) is 5.69. The predicted octanol–water partition coefficient (Wildman–Crippen LogP) is -0.102. The molecule has 2 fully saturated rings. The van der Waals surface area contributed by atoms with E-state index in [0.717, 1.165) is 25.9 Å². The fraction of sp³-hybridized carbons (Fsp3) is 0.917. The highest BCUT2D eigenvalue weighted by molar-refractivity contribution is 5.78. The number of likely N-dealkylation sites (N-methyl/N-ethyl adjacent to an activating group) is 1. The summed E-state index contributed by atoms with van der Waals surface area (Å²) in [6.45, 7) is 5.28. The Labute approximate surface area is 103 Å². The lowest BCUT2D eigenvalue weighted by atomic mass is 9.90. The van der Waals surface area contributed by atoms with Gasteiger partial charge < -0.3 is 16.2 Å². The van der Waals surface area contributed by atoms with Crippen molar-refractivity contribution < 1.29 is 5.11 Å².